The summed E-state index contributed by atoms with van der Waals surface area (Å²) in [6, 6.07) is 13.3. The van der Waals surface area contributed by atoms with E-state index in [2.05, 4.69) is 0 Å². The number of phenols is 1. The highest BCUT2D eigenvalue weighted by atomic mass is 16.6. The molecule has 1 atom stereocenters. The lowest BCUT2D eigenvalue weighted by molar-refractivity contribution is -0.384. The zero-order valence-electron chi connectivity index (χ0n) is 16.0. The third kappa shape index (κ3) is 3.64. The molecule has 0 bridgehead atoms. The van der Waals surface area contributed by atoms with Crippen molar-refractivity contribution in [3.63, 3.8) is 0 Å². The van der Waals surface area contributed by atoms with Gasteiger partial charge in [-0.3, -0.25) is 19.7 Å². The molecule has 1 aromatic heterocycles. The van der Waals surface area contributed by atoms with Gasteiger partial charge in [0.15, 0.2) is 0 Å². The highest BCUT2D eigenvalue weighted by Gasteiger charge is 2.46. The average Bonchev–Trinajstić information content (AvgIpc) is 3.36. The van der Waals surface area contributed by atoms with Crippen LogP contribution < -0.4 is 0 Å². The molecule has 9 heteroatoms. The van der Waals surface area contributed by atoms with Crippen molar-refractivity contribution in [1.82, 2.24) is 4.90 Å². The first-order chi connectivity index (χ1) is 14.9. The number of aliphatic hydroxyl groups is 1. The second-order valence-corrected chi connectivity index (χ2v) is 6.91. The number of benzene rings is 2. The number of carbonyl (C=O) groups is 2. The van der Waals surface area contributed by atoms with Crippen LogP contribution in [-0.2, 0) is 16.1 Å². The molecule has 0 aliphatic carbocycles. The van der Waals surface area contributed by atoms with Gasteiger partial charge < -0.3 is 19.5 Å². The smallest absolute Gasteiger partial charge is 0.296 e. The molecule has 3 aromatic rings. The number of nitro groups is 1. The van der Waals surface area contributed by atoms with Crippen molar-refractivity contribution in [2.24, 2.45) is 0 Å². The van der Waals surface area contributed by atoms with Gasteiger partial charge in [0.2, 0.25) is 0 Å². The van der Waals surface area contributed by atoms with E-state index in [0.717, 1.165) is 6.07 Å². The molecule has 1 amide bonds. The van der Waals surface area contributed by atoms with E-state index in [0.29, 0.717) is 11.3 Å². The fourth-order valence-corrected chi connectivity index (χ4v) is 3.54. The van der Waals surface area contributed by atoms with Gasteiger partial charge in [0.25, 0.3) is 17.4 Å². The van der Waals surface area contributed by atoms with Gasteiger partial charge in [-0.05, 0) is 29.8 Å². The molecule has 31 heavy (non-hydrogen) atoms. The van der Waals surface area contributed by atoms with Gasteiger partial charge >= 0.3 is 0 Å². The molecule has 9 nitrogen and oxygen atoms in total. The largest absolute Gasteiger partial charge is 0.508 e. The van der Waals surface area contributed by atoms with Crippen LogP contribution in [0, 0.1) is 10.1 Å². The highest BCUT2D eigenvalue weighted by molar-refractivity contribution is 6.46. The lowest BCUT2D eigenvalue weighted by atomic mass is 9.95. The molecule has 156 valence electrons. The van der Waals surface area contributed by atoms with Gasteiger partial charge in [-0.2, -0.15) is 0 Å². The number of phenolic OH excluding ortho intramolecular Hbond substituents is 1. The number of hydrogen-bond donors (Lipinski definition) is 2. The predicted octanol–water partition coefficient (Wildman–Crippen LogP) is 3.52. The summed E-state index contributed by atoms with van der Waals surface area (Å²) < 4.78 is 5.31. The minimum Gasteiger partial charge on any atom is -0.508 e. The van der Waals surface area contributed by atoms with Crippen LogP contribution in [0.4, 0.5) is 5.69 Å². The topological polar surface area (TPSA) is 134 Å². The minimum atomic E-state index is -0.982. The number of Topliss-reactive ketones (excluding diaryl/α,β-unsaturated/α-hetero) is 1. The number of amides is 1. The van der Waals surface area contributed by atoms with Crippen molar-refractivity contribution in [2.75, 3.05) is 0 Å². The lowest BCUT2D eigenvalue weighted by Gasteiger charge is -2.24. The van der Waals surface area contributed by atoms with Gasteiger partial charge in [0.1, 0.15) is 17.3 Å². The molecule has 0 spiro atoms. The average molecular weight is 420 g/mol. The first-order valence-corrected chi connectivity index (χ1v) is 9.21. The van der Waals surface area contributed by atoms with E-state index in [9.17, 15) is 29.9 Å². The molecule has 2 N–H and O–H groups in total. The Hall–Kier alpha value is -4.40. The van der Waals surface area contributed by atoms with Gasteiger partial charge in [0, 0.05) is 17.7 Å². The second-order valence-electron chi connectivity index (χ2n) is 6.91. The zero-order valence-corrected chi connectivity index (χ0v) is 16.0. The van der Waals surface area contributed by atoms with Crippen LogP contribution in [-0.4, -0.2) is 31.7 Å². The molecule has 2 heterocycles. The number of ketones is 1. The van der Waals surface area contributed by atoms with E-state index >= 15 is 0 Å². The monoisotopic (exact) mass is 420 g/mol. The van der Waals surface area contributed by atoms with Crippen LogP contribution in [0.3, 0.4) is 0 Å². The zero-order chi connectivity index (χ0) is 22.1. The highest BCUT2D eigenvalue weighted by Crippen LogP contribution is 2.40. The molecule has 2 aromatic carbocycles. The third-order valence-corrected chi connectivity index (χ3v) is 4.99. The van der Waals surface area contributed by atoms with Gasteiger partial charge in [-0.1, -0.05) is 24.3 Å². The van der Waals surface area contributed by atoms with Crippen LogP contribution in [0.5, 0.6) is 5.75 Å². The molecule has 0 radical (unpaired) electrons. The maximum atomic E-state index is 12.9. The van der Waals surface area contributed by atoms with Crippen molar-refractivity contribution in [2.45, 2.75) is 12.6 Å². The molecule has 1 aliphatic heterocycles. The van der Waals surface area contributed by atoms with E-state index in [4.69, 9.17) is 4.42 Å². The van der Waals surface area contributed by atoms with E-state index < -0.39 is 28.4 Å². The Balaban J connectivity index is 1.87. The number of non-ortho nitro benzene ring substituents is 1. The Morgan fingerprint density at radius 1 is 1.10 bits per heavy atom. The summed E-state index contributed by atoms with van der Waals surface area (Å²) in [5.74, 6) is -1.87. The fraction of sp³-hybridized carbons (Fsp3) is 0.0909. The molecule has 0 saturated carbocycles. The SMILES string of the molecule is O=C1C(=O)N(Cc2ccco2)C(c2ccc(O)cc2)/C1=C(/O)c1cccc([N+](=O)[O-])c1. The normalized spacial score (nSPS) is 17.8. The first kappa shape index (κ1) is 19.9. The van der Waals surface area contributed by atoms with E-state index in [1.54, 1.807) is 12.1 Å². The molecule has 1 aliphatic rings. The Kier molecular flexibility index (Phi) is 5.00. The van der Waals surface area contributed by atoms with Crippen molar-refractivity contribution in [3.05, 3.63) is 99.5 Å². The summed E-state index contributed by atoms with van der Waals surface area (Å²) in [4.78, 5) is 37.5. The van der Waals surface area contributed by atoms with Gasteiger partial charge in [-0.15, -0.1) is 0 Å². The Bertz CT molecular complexity index is 1200. The number of nitro benzene ring substituents is 1. The minimum absolute atomic E-state index is 0.00887. The van der Waals surface area contributed by atoms with Crippen LogP contribution in [0.25, 0.3) is 5.76 Å². The molecule has 4 rings (SSSR count). The molecule has 1 fully saturated rings. The number of likely N-dealkylation sites (tertiary alicyclic amines) is 1. The van der Waals surface area contributed by atoms with Crippen LogP contribution in [0.15, 0.2) is 76.9 Å². The summed E-state index contributed by atoms with van der Waals surface area (Å²) >= 11 is 0. The quantitative estimate of drug-likeness (QED) is 0.212. The van der Waals surface area contributed by atoms with Crippen LogP contribution in [0.1, 0.15) is 22.9 Å². The summed E-state index contributed by atoms with van der Waals surface area (Å²) in [6.07, 6.45) is 1.44. The third-order valence-electron chi connectivity index (χ3n) is 4.99. The maximum absolute atomic E-state index is 12.9. The number of furan rings is 1. The summed E-state index contributed by atoms with van der Waals surface area (Å²) in [5, 5.41) is 31.7. The second kappa shape index (κ2) is 7.79. The predicted molar refractivity (Wildman–Crippen MR) is 108 cm³/mol. The van der Waals surface area contributed by atoms with Crippen LogP contribution in [0.2, 0.25) is 0 Å². The molecular weight excluding hydrogens is 404 g/mol. The number of aliphatic hydroxyl groups excluding tert-OH is 1. The standard InChI is InChI=1S/C22H16N2O7/c25-16-8-6-13(7-9-16)19-18(20(26)14-3-1-4-15(11-14)24(29)30)21(27)22(28)23(19)12-17-5-2-10-31-17/h1-11,19,25-26H,12H2/b20-18-. The number of nitrogens with zero attached hydrogens (tertiary/aromatic N) is 2. The van der Waals surface area contributed by atoms with Gasteiger partial charge in [-0.25, -0.2) is 0 Å². The maximum Gasteiger partial charge on any atom is 0.296 e. The summed E-state index contributed by atoms with van der Waals surface area (Å²) in [6.45, 7) is -0.0329. The molecule has 1 saturated heterocycles. The number of aromatic hydroxyl groups is 1. The number of carbonyl (C=O) groups excluding carboxylic acids is 2. The van der Waals surface area contributed by atoms with Crippen LogP contribution >= 0.6 is 0 Å². The lowest BCUT2D eigenvalue weighted by Crippen LogP contribution is -2.29. The Labute approximate surface area is 175 Å². The van der Waals surface area contributed by atoms with Crippen molar-refractivity contribution in [1.29, 1.82) is 0 Å². The summed E-state index contributed by atoms with van der Waals surface area (Å²) in [5.41, 5.74) is 0.0299. The van der Waals surface area contributed by atoms with Gasteiger partial charge in [0.05, 0.1) is 29.3 Å². The van der Waals surface area contributed by atoms with E-state index in [-0.39, 0.29) is 29.1 Å². The molecule has 1 unspecified atom stereocenters. The number of hydrogen-bond acceptors (Lipinski definition) is 7. The summed E-state index contributed by atoms with van der Waals surface area (Å²) in [7, 11) is 0. The van der Waals surface area contributed by atoms with Crippen molar-refractivity contribution < 1.29 is 29.1 Å². The molecular formula is C22H16N2O7. The Morgan fingerprint density at radius 2 is 1.84 bits per heavy atom. The number of rotatable bonds is 5. The van der Waals surface area contributed by atoms with Crippen molar-refractivity contribution >= 4 is 23.1 Å². The fourth-order valence-electron chi connectivity index (χ4n) is 3.54. The van der Waals surface area contributed by atoms with E-state index in [1.165, 1.54) is 53.6 Å². The van der Waals surface area contributed by atoms with Crippen molar-refractivity contribution in [3.8, 4) is 5.75 Å². The Morgan fingerprint density at radius 3 is 2.48 bits per heavy atom. The first-order valence-electron chi connectivity index (χ1n) is 9.21. The van der Waals surface area contributed by atoms with E-state index in [1.807, 2.05) is 0 Å².